The number of nitrogens with one attached hydrogen (secondary N) is 1. The molecule has 0 saturated heterocycles. The first-order chi connectivity index (χ1) is 12.3. The molecule has 0 heterocycles. The van der Waals surface area contributed by atoms with E-state index >= 15 is 0 Å². The van der Waals surface area contributed by atoms with E-state index in [-0.39, 0.29) is 5.78 Å². The van der Waals surface area contributed by atoms with Crippen molar-refractivity contribution < 1.29 is 4.79 Å². The Morgan fingerprint density at radius 1 is 0.680 bits per heavy atom. The number of benzene rings is 3. The van der Waals surface area contributed by atoms with E-state index in [4.69, 9.17) is 0 Å². The number of para-hydroxylation sites is 1. The second-order valence-corrected chi connectivity index (χ2v) is 5.78. The highest BCUT2D eigenvalue weighted by Crippen LogP contribution is 2.09. The van der Waals surface area contributed by atoms with Gasteiger partial charge in [0.2, 0.25) is 0 Å². The van der Waals surface area contributed by atoms with Gasteiger partial charge >= 0.3 is 0 Å². The van der Waals surface area contributed by atoms with Gasteiger partial charge < -0.3 is 0 Å². The summed E-state index contributed by atoms with van der Waals surface area (Å²) in [6.07, 6.45) is 0.856. The Kier molecular flexibility index (Phi) is 5.73. The van der Waals surface area contributed by atoms with Crippen molar-refractivity contribution in [3.63, 3.8) is 0 Å². The maximum absolute atomic E-state index is 12.8. The Labute approximate surface area is 148 Å². The molecule has 3 rings (SSSR count). The lowest BCUT2D eigenvalue weighted by molar-refractivity contribution is -0.112. The maximum Gasteiger partial charge on any atom is 0.183 e. The summed E-state index contributed by atoms with van der Waals surface area (Å²) in [6.45, 7) is 0. The largest absolute Gasteiger partial charge is 0.292 e. The summed E-state index contributed by atoms with van der Waals surface area (Å²) in [5, 5.41) is 4.40. The molecule has 3 aromatic carbocycles. The first-order valence-corrected chi connectivity index (χ1v) is 8.30. The van der Waals surface area contributed by atoms with Crippen LogP contribution in [0, 0.1) is 0 Å². The van der Waals surface area contributed by atoms with Gasteiger partial charge in [-0.05, 0) is 23.3 Å². The van der Waals surface area contributed by atoms with Crippen LogP contribution in [-0.4, -0.2) is 11.5 Å². The number of hydrogen-bond donors (Lipinski definition) is 1. The summed E-state index contributed by atoms with van der Waals surface area (Å²) in [4.78, 5) is 12.8. The van der Waals surface area contributed by atoms with Gasteiger partial charge in [-0.3, -0.25) is 10.2 Å². The zero-order valence-corrected chi connectivity index (χ0v) is 13.9. The topological polar surface area (TPSA) is 41.5 Å². The van der Waals surface area contributed by atoms with Crippen molar-refractivity contribution in [1.82, 2.24) is 0 Å². The monoisotopic (exact) mass is 328 g/mol. The molecule has 124 valence electrons. The summed E-state index contributed by atoms with van der Waals surface area (Å²) in [5.41, 5.74) is 6.45. The summed E-state index contributed by atoms with van der Waals surface area (Å²) < 4.78 is 0. The summed E-state index contributed by atoms with van der Waals surface area (Å²) in [5.74, 6) is 0.0264. The Bertz CT molecular complexity index is 828. The molecule has 0 aliphatic heterocycles. The number of carbonyl (C=O) groups excluding carboxylic acids is 1. The van der Waals surface area contributed by atoms with E-state index in [1.54, 1.807) is 0 Å². The fourth-order valence-electron chi connectivity index (χ4n) is 2.52. The number of rotatable bonds is 7. The summed E-state index contributed by atoms with van der Waals surface area (Å²) >= 11 is 0. The molecule has 0 unspecified atom stereocenters. The first-order valence-electron chi connectivity index (χ1n) is 8.30. The van der Waals surface area contributed by atoms with Gasteiger partial charge in [-0.2, -0.15) is 5.10 Å². The lowest BCUT2D eigenvalue weighted by Gasteiger charge is -2.08. The predicted molar refractivity (Wildman–Crippen MR) is 103 cm³/mol. The average Bonchev–Trinajstić information content (AvgIpc) is 2.67. The second kappa shape index (κ2) is 8.60. The van der Waals surface area contributed by atoms with Crippen molar-refractivity contribution in [3.8, 4) is 0 Å². The molecule has 1 N–H and O–H groups in total. The van der Waals surface area contributed by atoms with Crippen molar-refractivity contribution in [2.45, 2.75) is 12.8 Å². The molecule has 0 atom stereocenters. The third-order valence-electron chi connectivity index (χ3n) is 3.84. The van der Waals surface area contributed by atoms with Crippen LogP contribution < -0.4 is 5.43 Å². The molecule has 0 radical (unpaired) electrons. The third kappa shape index (κ3) is 5.15. The standard InChI is InChI=1S/C22H20N2O/c25-22(17-19-12-6-2-7-13-19)21(16-18-10-4-1-5-11-18)24-23-20-14-8-3-9-15-20/h1-15,23H,16-17H2/b24-21+. The van der Waals surface area contributed by atoms with Gasteiger partial charge in [0, 0.05) is 12.8 Å². The molecule has 0 fully saturated rings. The number of ketones is 1. The normalized spacial score (nSPS) is 11.1. The van der Waals surface area contributed by atoms with Crippen LogP contribution in [-0.2, 0) is 17.6 Å². The van der Waals surface area contributed by atoms with Crippen LogP contribution in [0.3, 0.4) is 0 Å². The number of Topliss-reactive ketones (excluding diaryl/α,β-unsaturated/α-hetero) is 1. The Morgan fingerprint density at radius 2 is 1.16 bits per heavy atom. The van der Waals surface area contributed by atoms with Crippen molar-refractivity contribution in [3.05, 3.63) is 102 Å². The zero-order valence-electron chi connectivity index (χ0n) is 13.9. The number of hydrogen-bond acceptors (Lipinski definition) is 3. The minimum absolute atomic E-state index is 0.0264. The third-order valence-corrected chi connectivity index (χ3v) is 3.84. The molecule has 3 heteroatoms. The molecule has 0 saturated carbocycles. The average molecular weight is 328 g/mol. The van der Waals surface area contributed by atoms with E-state index in [1.165, 1.54) is 0 Å². The van der Waals surface area contributed by atoms with E-state index in [0.29, 0.717) is 18.6 Å². The van der Waals surface area contributed by atoms with Crippen molar-refractivity contribution in [2.75, 3.05) is 5.43 Å². The molecule has 3 aromatic rings. The molecule has 0 bridgehead atoms. The molecule has 0 aliphatic carbocycles. The highest BCUT2D eigenvalue weighted by atomic mass is 16.1. The van der Waals surface area contributed by atoms with E-state index in [1.807, 2.05) is 91.0 Å². The molecule has 25 heavy (non-hydrogen) atoms. The van der Waals surface area contributed by atoms with E-state index in [0.717, 1.165) is 16.8 Å². The molecular weight excluding hydrogens is 308 g/mol. The predicted octanol–water partition coefficient (Wildman–Crippen LogP) is 4.51. The van der Waals surface area contributed by atoms with Crippen LogP contribution in [0.5, 0.6) is 0 Å². The molecule has 0 spiro atoms. The summed E-state index contributed by atoms with van der Waals surface area (Å²) in [7, 11) is 0. The van der Waals surface area contributed by atoms with Crippen molar-refractivity contribution in [1.29, 1.82) is 0 Å². The fraction of sp³-hybridized carbons (Fsp3) is 0.0909. The van der Waals surface area contributed by atoms with Crippen LogP contribution in [0.15, 0.2) is 96.1 Å². The van der Waals surface area contributed by atoms with Crippen LogP contribution in [0.2, 0.25) is 0 Å². The highest BCUT2D eigenvalue weighted by Gasteiger charge is 2.13. The van der Waals surface area contributed by atoms with Gasteiger partial charge in [-0.15, -0.1) is 0 Å². The fourth-order valence-corrected chi connectivity index (χ4v) is 2.52. The smallest absolute Gasteiger partial charge is 0.183 e. The second-order valence-electron chi connectivity index (χ2n) is 5.78. The van der Waals surface area contributed by atoms with Gasteiger partial charge in [0.25, 0.3) is 0 Å². The highest BCUT2D eigenvalue weighted by molar-refractivity contribution is 6.40. The van der Waals surface area contributed by atoms with Crippen LogP contribution >= 0.6 is 0 Å². The number of nitrogens with zero attached hydrogens (tertiary/aromatic N) is 1. The van der Waals surface area contributed by atoms with Gasteiger partial charge in [0.05, 0.1) is 5.69 Å². The van der Waals surface area contributed by atoms with Gasteiger partial charge in [0.15, 0.2) is 5.78 Å². The Balaban J connectivity index is 1.79. The first kappa shape index (κ1) is 16.7. The number of anilines is 1. The van der Waals surface area contributed by atoms with E-state index in [9.17, 15) is 4.79 Å². The molecule has 3 nitrogen and oxygen atoms in total. The number of hydrazone groups is 1. The molecular formula is C22H20N2O. The number of carbonyl (C=O) groups is 1. The molecule has 0 aliphatic rings. The van der Waals surface area contributed by atoms with E-state index < -0.39 is 0 Å². The van der Waals surface area contributed by atoms with Gasteiger partial charge in [0.1, 0.15) is 5.71 Å². The summed E-state index contributed by atoms with van der Waals surface area (Å²) in [6, 6.07) is 29.3. The Morgan fingerprint density at radius 3 is 1.72 bits per heavy atom. The van der Waals surface area contributed by atoms with Crippen molar-refractivity contribution >= 4 is 17.2 Å². The minimum Gasteiger partial charge on any atom is -0.292 e. The van der Waals surface area contributed by atoms with E-state index in [2.05, 4.69) is 10.5 Å². The minimum atomic E-state index is 0.0264. The quantitative estimate of drug-likeness (QED) is 0.512. The van der Waals surface area contributed by atoms with Gasteiger partial charge in [-0.25, -0.2) is 0 Å². The maximum atomic E-state index is 12.8. The van der Waals surface area contributed by atoms with Crippen LogP contribution in [0.4, 0.5) is 5.69 Å². The van der Waals surface area contributed by atoms with Crippen LogP contribution in [0.1, 0.15) is 11.1 Å². The van der Waals surface area contributed by atoms with Crippen molar-refractivity contribution in [2.24, 2.45) is 5.10 Å². The molecule has 0 aromatic heterocycles. The van der Waals surface area contributed by atoms with Crippen LogP contribution in [0.25, 0.3) is 0 Å². The van der Waals surface area contributed by atoms with Gasteiger partial charge in [-0.1, -0.05) is 78.9 Å². The molecule has 0 amide bonds. The zero-order chi connectivity index (χ0) is 17.3. The lowest BCUT2D eigenvalue weighted by Crippen LogP contribution is -2.20. The Hall–Kier alpha value is -3.20. The lowest BCUT2D eigenvalue weighted by atomic mass is 10.0. The SMILES string of the molecule is O=C(Cc1ccccc1)/C(Cc1ccccc1)=N/Nc1ccccc1.